The summed E-state index contributed by atoms with van der Waals surface area (Å²) in [5, 5.41) is 14.1. The van der Waals surface area contributed by atoms with Crippen LogP contribution >= 0.6 is 0 Å². The summed E-state index contributed by atoms with van der Waals surface area (Å²) in [5.74, 6) is -0.156. The van der Waals surface area contributed by atoms with Gasteiger partial charge in [0, 0.05) is 24.3 Å². The predicted molar refractivity (Wildman–Crippen MR) is 73.7 cm³/mol. The molecule has 102 valence electrons. The molecule has 2 aromatic heterocycles. The molecule has 0 fully saturated rings. The Morgan fingerprint density at radius 1 is 1.35 bits per heavy atom. The number of carboxylic acids is 1. The highest BCUT2D eigenvalue weighted by Gasteiger charge is 2.16. The van der Waals surface area contributed by atoms with Crippen LogP contribution in [0.15, 0.2) is 36.7 Å². The Bertz CT molecular complexity index is 772. The lowest BCUT2D eigenvalue weighted by Gasteiger charge is -2.05. The summed E-state index contributed by atoms with van der Waals surface area (Å²) in [5.41, 5.74) is 0.880. The van der Waals surface area contributed by atoms with Crippen LogP contribution in [-0.2, 0) is 13.1 Å². The van der Waals surface area contributed by atoms with E-state index in [1.54, 1.807) is 16.9 Å². The highest BCUT2D eigenvalue weighted by Crippen LogP contribution is 2.19. The number of aryl methyl sites for hydroxylation is 1. The average Bonchev–Trinajstić information content (AvgIpc) is 3.04. The maximum absolute atomic E-state index is 11.3. The van der Waals surface area contributed by atoms with Crippen LogP contribution in [0.4, 0.5) is 0 Å². The molecule has 1 aromatic carbocycles. The molecule has 0 amide bonds. The van der Waals surface area contributed by atoms with E-state index in [2.05, 4.69) is 10.1 Å². The van der Waals surface area contributed by atoms with E-state index < -0.39 is 5.97 Å². The summed E-state index contributed by atoms with van der Waals surface area (Å²) in [6, 6.07) is 7.33. The Kier molecular flexibility index (Phi) is 2.98. The van der Waals surface area contributed by atoms with Crippen molar-refractivity contribution >= 4 is 16.9 Å². The lowest BCUT2D eigenvalue weighted by Crippen LogP contribution is -2.09. The first-order chi connectivity index (χ1) is 9.70. The summed E-state index contributed by atoms with van der Waals surface area (Å²) in [4.78, 5) is 15.6. The quantitative estimate of drug-likeness (QED) is 0.787. The van der Waals surface area contributed by atoms with Gasteiger partial charge in [0.25, 0.3) is 0 Å². The van der Waals surface area contributed by atoms with Gasteiger partial charge < -0.3 is 9.67 Å². The van der Waals surface area contributed by atoms with E-state index in [4.69, 9.17) is 0 Å². The molecule has 0 aliphatic heterocycles. The number of imidazole rings is 1. The maximum Gasteiger partial charge on any atom is 0.357 e. The number of fused-ring (bicyclic) bond motifs is 1. The van der Waals surface area contributed by atoms with E-state index in [0.717, 1.165) is 17.9 Å². The van der Waals surface area contributed by atoms with Crippen molar-refractivity contribution in [3.05, 3.63) is 48.2 Å². The van der Waals surface area contributed by atoms with Crippen molar-refractivity contribution in [2.45, 2.75) is 20.0 Å². The molecule has 0 saturated heterocycles. The Morgan fingerprint density at radius 2 is 2.15 bits per heavy atom. The largest absolute Gasteiger partial charge is 0.476 e. The molecule has 6 heteroatoms. The number of nitrogens with zero attached hydrogens (tertiary/aromatic N) is 4. The third-order valence-corrected chi connectivity index (χ3v) is 3.29. The van der Waals surface area contributed by atoms with Crippen molar-refractivity contribution in [3.63, 3.8) is 0 Å². The zero-order valence-electron chi connectivity index (χ0n) is 11.0. The van der Waals surface area contributed by atoms with Crippen LogP contribution < -0.4 is 0 Å². The Balaban J connectivity index is 2.10. The summed E-state index contributed by atoms with van der Waals surface area (Å²) in [6.07, 6.45) is 3.64. The number of carbonyl (C=O) groups is 1. The second-order valence-corrected chi connectivity index (χ2v) is 4.46. The number of aromatic carboxylic acids is 1. The first-order valence-corrected chi connectivity index (χ1v) is 6.39. The molecular weight excluding hydrogens is 256 g/mol. The van der Waals surface area contributed by atoms with Crippen molar-refractivity contribution in [2.75, 3.05) is 0 Å². The molecule has 0 aliphatic rings. The molecule has 3 aromatic rings. The minimum Gasteiger partial charge on any atom is -0.476 e. The number of carboxylic acid groups (broad SMARTS) is 1. The van der Waals surface area contributed by atoms with Gasteiger partial charge >= 0.3 is 5.97 Å². The van der Waals surface area contributed by atoms with E-state index in [9.17, 15) is 9.90 Å². The van der Waals surface area contributed by atoms with Gasteiger partial charge in [0.2, 0.25) is 0 Å². The molecule has 0 bridgehead atoms. The van der Waals surface area contributed by atoms with Crippen molar-refractivity contribution in [2.24, 2.45) is 0 Å². The van der Waals surface area contributed by atoms with Gasteiger partial charge in [0.1, 0.15) is 5.82 Å². The van der Waals surface area contributed by atoms with Crippen molar-refractivity contribution in [1.29, 1.82) is 0 Å². The van der Waals surface area contributed by atoms with Crippen LogP contribution in [0.25, 0.3) is 10.9 Å². The fraction of sp³-hybridized carbons (Fsp3) is 0.214. The zero-order valence-corrected chi connectivity index (χ0v) is 11.0. The number of aromatic nitrogens is 4. The molecule has 3 rings (SSSR count). The summed E-state index contributed by atoms with van der Waals surface area (Å²) in [6.45, 7) is 3.31. The van der Waals surface area contributed by atoms with Crippen LogP contribution in [0.1, 0.15) is 23.2 Å². The molecule has 20 heavy (non-hydrogen) atoms. The number of rotatable bonds is 4. The van der Waals surface area contributed by atoms with E-state index in [0.29, 0.717) is 11.9 Å². The normalized spacial score (nSPS) is 11.1. The van der Waals surface area contributed by atoms with Crippen LogP contribution in [0.3, 0.4) is 0 Å². The standard InChI is InChI=1S/C14H14N4O2/c1-2-17-8-7-15-12(17)9-18-11-6-4-3-5-10(11)13(16-18)14(19)20/h3-8H,2,9H2,1H3,(H,19,20). The lowest BCUT2D eigenvalue weighted by molar-refractivity contribution is 0.0691. The van der Waals surface area contributed by atoms with Gasteiger partial charge in [-0.1, -0.05) is 18.2 Å². The van der Waals surface area contributed by atoms with Gasteiger partial charge in [-0.25, -0.2) is 9.78 Å². The molecule has 0 saturated carbocycles. The van der Waals surface area contributed by atoms with E-state index in [1.165, 1.54) is 0 Å². The summed E-state index contributed by atoms with van der Waals surface area (Å²) in [7, 11) is 0. The molecule has 0 atom stereocenters. The third kappa shape index (κ3) is 1.95. The first-order valence-electron chi connectivity index (χ1n) is 6.39. The number of benzene rings is 1. The molecule has 0 radical (unpaired) electrons. The van der Waals surface area contributed by atoms with Crippen molar-refractivity contribution in [1.82, 2.24) is 19.3 Å². The number of hydrogen-bond donors (Lipinski definition) is 1. The number of para-hydroxylation sites is 1. The average molecular weight is 270 g/mol. The fourth-order valence-corrected chi connectivity index (χ4v) is 2.32. The third-order valence-electron chi connectivity index (χ3n) is 3.29. The molecular formula is C14H14N4O2. The van der Waals surface area contributed by atoms with E-state index in [-0.39, 0.29) is 5.69 Å². The molecule has 6 nitrogen and oxygen atoms in total. The van der Waals surface area contributed by atoms with Gasteiger partial charge in [-0.3, -0.25) is 4.68 Å². The molecule has 2 heterocycles. The number of hydrogen-bond acceptors (Lipinski definition) is 3. The van der Waals surface area contributed by atoms with Gasteiger partial charge in [-0.2, -0.15) is 5.10 Å². The Morgan fingerprint density at radius 3 is 2.90 bits per heavy atom. The fourth-order valence-electron chi connectivity index (χ4n) is 2.32. The summed E-state index contributed by atoms with van der Waals surface area (Å²) >= 11 is 0. The topological polar surface area (TPSA) is 72.9 Å². The second-order valence-electron chi connectivity index (χ2n) is 4.46. The van der Waals surface area contributed by atoms with Gasteiger partial charge in [0.05, 0.1) is 12.1 Å². The van der Waals surface area contributed by atoms with Crippen LogP contribution in [0, 0.1) is 0 Å². The predicted octanol–water partition coefficient (Wildman–Crippen LogP) is 2.00. The van der Waals surface area contributed by atoms with Crippen molar-refractivity contribution < 1.29 is 9.90 Å². The maximum atomic E-state index is 11.3. The van der Waals surface area contributed by atoms with Gasteiger partial charge in [-0.15, -0.1) is 0 Å². The lowest BCUT2D eigenvalue weighted by atomic mass is 10.2. The Labute approximate surface area is 115 Å². The van der Waals surface area contributed by atoms with E-state index >= 15 is 0 Å². The minimum absolute atomic E-state index is 0.0789. The first kappa shape index (κ1) is 12.4. The molecule has 0 unspecified atom stereocenters. The Hall–Kier alpha value is -2.63. The minimum atomic E-state index is -1.02. The van der Waals surface area contributed by atoms with Crippen LogP contribution in [0.2, 0.25) is 0 Å². The van der Waals surface area contributed by atoms with Gasteiger partial charge in [0.15, 0.2) is 5.69 Å². The van der Waals surface area contributed by atoms with E-state index in [1.807, 2.05) is 35.9 Å². The molecule has 1 N–H and O–H groups in total. The zero-order chi connectivity index (χ0) is 14.1. The second kappa shape index (κ2) is 4.80. The summed E-state index contributed by atoms with van der Waals surface area (Å²) < 4.78 is 3.70. The highest BCUT2D eigenvalue weighted by molar-refractivity contribution is 6.01. The SMILES string of the molecule is CCn1ccnc1Cn1nc(C(=O)O)c2ccccc21. The monoisotopic (exact) mass is 270 g/mol. The molecule has 0 aliphatic carbocycles. The van der Waals surface area contributed by atoms with Crippen LogP contribution in [-0.4, -0.2) is 30.4 Å². The van der Waals surface area contributed by atoms with Crippen LogP contribution in [0.5, 0.6) is 0 Å². The van der Waals surface area contributed by atoms with Crippen molar-refractivity contribution in [3.8, 4) is 0 Å². The highest BCUT2D eigenvalue weighted by atomic mass is 16.4. The smallest absolute Gasteiger partial charge is 0.357 e. The van der Waals surface area contributed by atoms with Gasteiger partial charge in [-0.05, 0) is 13.0 Å². The molecule has 0 spiro atoms.